The van der Waals surface area contributed by atoms with Crippen LogP contribution in [0.15, 0.2) is 42.5 Å². The summed E-state index contributed by atoms with van der Waals surface area (Å²) in [4.78, 5) is 13.8. The van der Waals surface area contributed by atoms with Crippen LogP contribution in [-0.2, 0) is 4.74 Å². The van der Waals surface area contributed by atoms with E-state index in [0.29, 0.717) is 25.3 Å². The number of hydrogen-bond acceptors (Lipinski definition) is 3. The predicted molar refractivity (Wildman–Crippen MR) is 91.9 cm³/mol. The highest BCUT2D eigenvalue weighted by atomic mass is 19.1. The molecule has 1 unspecified atom stereocenters. The number of amides is 2. The molecule has 0 spiro atoms. The van der Waals surface area contributed by atoms with Crippen molar-refractivity contribution in [3.63, 3.8) is 0 Å². The highest BCUT2D eigenvalue weighted by molar-refractivity contribution is 5.74. The number of urea groups is 1. The van der Waals surface area contributed by atoms with E-state index in [1.165, 1.54) is 18.2 Å². The quantitative estimate of drug-likeness (QED) is 0.810. The van der Waals surface area contributed by atoms with E-state index in [2.05, 4.69) is 5.32 Å². The van der Waals surface area contributed by atoms with E-state index < -0.39 is 17.7 Å². The van der Waals surface area contributed by atoms with Gasteiger partial charge in [0.1, 0.15) is 24.3 Å². The van der Waals surface area contributed by atoms with Crippen LogP contribution in [0.4, 0.5) is 18.0 Å². The van der Waals surface area contributed by atoms with E-state index >= 15 is 0 Å². The zero-order chi connectivity index (χ0) is 19.2. The van der Waals surface area contributed by atoms with Gasteiger partial charge in [-0.15, -0.1) is 0 Å². The third-order valence-corrected chi connectivity index (χ3v) is 4.10. The molecule has 144 valence electrons. The van der Waals surface area contributed by atoms with Crippen LogP contribution in [-0.4, -0.2) is 43.8 Å². The Hall–Kier alpha value is -2.74. The van der Waals surface area contributed by atoms with Crippen molar-refractivity contribution in [2.75, 3.05) is 32.8 Å². The first-order valence-corrected chi connectivity index (χ1v) is 8.50. The molecule has 8 heteroatoms. The molecule has 0 saturated carbocycles. The molecule has 0 aromatic heterocycles. The maximum absolute atomic E-state index is 13.5. The molecule has 1 fully saturated rings. The van der Waals surface area contributed by atoms with Crippen LogP contribution in [0.5, 0.6) is 5.75 Å². The zero-order valence-corrected chi connectivity index (χ0v) is 14.5. The van der Waals surface area contributed by atoms with Gasteiger partial charge in [-0.05, 0) is 29.8 Å². The monoisotopic (exact) mass is 380 g/mol. The van der Waals surface area contributed by atoms with Crippen molar-refractivity contribution in [1.82, 2.24) is 10.2 Å². The minimum absolute atomic E-state index is 0.0337. The molecule has 3 rings (SSSR count). The zero-order valence-electron chi connectivity index (χ0n) is 14.5. The molecule has 2 aromatic carbocycles. The maximum atomic E-state index is 13.5. The summed E-state index contributed by atoms with van der Waals surface area (Å²) in [5.74, 6) is -1.92. The molecule has 1 saturated heterocycles. The van der Waals surface area contributed by atoms with Crippen molar-refractivity contribution < 1.29 is 27.4 Å². The van der Waals surface area contributed by atoms with Gasteiger partial charge in [-0.3, -0.25) is 0 Å². The normalized spacial score (nSPS) is 16.9. The highest BCUT2D eigenvalue weighted by Gasteiger charge is 2.25. The van der Waals surface area contributed by atoms with E-state index in [0.717, 1.165) is 12.1 Å². The number of rotatable bonds is 5. The van der Waals surface area contributed by atoms with Crippen LogP contribution in [0.2, 0.25) is 0 Å². The lowest BCUT2D eigenvalue weighted by Crippen LogP contribution is -2.47. The SMILES string of the molecule is O=C(NCCOc1ccc(F)cc1F)N1CCOC(c2cccc(F)c2)C1. The Kier molecular flexibility index (Phi) is 6.18. The van der Waals surface area contributed by atoms with Crippen LogP contribution in [0.25, 0.3) is 0 Å². The van der Waals surface area contributed by atoms with Gasteiger partial charge in [-0.25, -0.2) is 18.0 Å². The van der Waals surface area contributed by atoms with Crippen molar-refractivity contribution >= 4 is 6.03 Å². The van der Waals surface area contributed by atoms with Gasteiger partial charge < -0.3 is 19.7 Å². The van der Waals surface area contributed by atoms with Gasteiger partial charge in [0.2, 0.25) is 0 Å². The van der Waals surface area contributed by atoms with Crippen LogP contribution < -0.4 is 10.1 Å². The summed E-state index contributed by atoms with van der Waals surface area (Å²) in [5.41, 5.74) is 0.669. The fourth-order valence-corrected chi connectivity index (χ4v) is 2.77. The molecule has 0 bridgehead atoms. The third kappa shape index (κ3) is 5.13. The molecule has 2 aromatic rings. The summed E-state index contributed by atoms with van der Waals surface area (Å²) in [7, 11) is 0. The number of ether oxygens (including phenoxy) is 2. The minimum atomic E-state index is -0.799. The van der Waals surface area contributed by atoms with Crippen LogP contribution in [0.3, 0.4) is 0 Å². The molecular formula is C19H19F3N2O3. The Bertz CT molecular complexity index is 804. The molecule has 1 heterocycles. The third-order valence-electron chi connectivity index (χ3n) is 4.10. The lowest BCUT2D eigenvalue weighted by Gasteiger charge is -2.33. The Morgan fingerprint density at radius 3 is 2.78 bits per heavy atom. The molecule has 1 aliphatic rings. The first kappa shape index (κ1) is 19.0. The molecule has 0 aliphatic carbocycles. The van der Waals surface area contributed by atoms with Crippen LogP contribution >= 0.6 is 0 Å². The van der Waals surface area contributed by atoms with E-state index in [1.54, 1.807) is 17.0 Å². The van der Waals surface area contributed by atoms with Gasteiger partial charge in [-0.1, -0.05) is 12.1 Å². The van der Waals surface area contributed by atoms with Crippen molar-refractivity contribution in [1.29, 1.82) is 0 Å². The molecule has 2 amide bonds. The van der Waals surface area contributed by atoms with Gasteiger partial charge in [0.25, 0.3) is 0 Å². The van der Waals surface area contributed by atoms with E-state index in [-0.39, 0.29) is 30.7 Å². The van der Waals surface area contributed by atoms with Crippen LogP contribution in [0, 0.1) is 17.5 Å². The second-order valence-corrected chi connectivity index (χ2v) is 6.02. The highest BCUT2D eigenvalue weighted by Crippen LogP contribution is 2.23. The molecule has 5 nitrogen and oxygen atoms in total. The number of carbonyl (C=O) groups is 1. The summed E-state index contributed by atoms with van der Waals surface area (Å²) in [5, 5.41) is 2.67. The molecule has 1 atom stereocenters. The Morgan fingerprint density at radius 2 is 2.00 bits per heavy atom. The maximum Gasteiger partial charge on any atom is 0.317 e. The van der Waals surface area contributed by atoms with Crippen LogP contribution in [0.1, 0.15) is 11.7 Å². The van der Waals surface area contributed by atoms with Gasteiger partial charge >= 0.3 is 6.03 Å². The number of hydrogen-bond donors (Lipinski definition) is 1. The van der Waals surface area contributed by atoms with Crippen molar-refractivity contribution in [3.05, 3.63) is 65.5 Å². The second-order valence-electron chi connectivity index (χ2n) is 6.02. The number of nitrogens with one attached hydrogen (secondary N) is 1. The predicted octanol–water partition coefficient (Wildman–Crippen LogP) is 3.27. The largest absolute Gasteiger partial charge is 0.489 e. The minimum Gasteiger partial charge on any atom is -0.489 e. The van der Waals surface area contributed by atoms with Crippen molar-refractivity contribution in [2.24, 2.45) is 0 Å². The number of carbonyl (C=O) groups excluding carboxylic acids is 1. The fraction of sp³-hybridized carbons (Fsp3) is 0.316. The lowest BCUT2D eigenvalue weighted by atomic mass is 10.1. The summed E-state index contributed by atoms with van der Waals surface area (Å²) in [6, 6.07) is 8.78. The standard InChI is InChI=1S/C19H19F3N2O3/c20-14-3-1-2-13(10-14)18-12-24(7-9-27-18)19(25)23-6-8-26-17-5-4-15(21)11-16(17)22/h1-5,10-11,18H,6-9,12H2,(H,23,25). The average Bonchev–Trinajstić information content (AvgIpc) is 2.66. The Morgan fingerprint density at radius 1 is 1.19 bits per heavy atom. The number of benzene rings is 2. The smallest absolute Gasteiger partial charge is 0.317 e. The van der Waals surface area contributed by atoms with Gasteiger partial charge in [0.05, 0.1) is 19.7 Å². The first-order chi connectivity index (χ1) is 13.0. The summed E-state index contributed by atoms with van der Waals surface area (Å²) < 4.78 is 50.5. The molecule has 27 heavy (non-hydrogen) atoms. The van der Waals surface area contributed by atoms with E-state index in [9.17, 15) is 18.0 Å². The Labute approximate surface area is 154 Å². The fourth-order valence-electron chi connectivity index (χ4n) is 2.77. The molecule has 1 N–H and O–H groups in total. The van der Waals surface area contributed by atoms with Gasteiger partial charge in [-0.2, -0.15) is 0 Å². The topological polar surface area (TPSA) is 50.8 Å². The number of nitrogens with zero attached hydrogens (tertiary/aromatic N) is 1. The van der Waals surface area contributed by atoms with Crippen molar-refractivity contribution in [3.8, 4) is 5.75 Å². The summed E-state index contributed by atoms with van der Waals surface area (Å²) >= 11 is 0. The molecule has 0 radical (unpaired) electrons. The summed E-state index contributed by atoms with van der Waals surface area (Å²) in [6.45, 7) is 1.23. The van der Waals surface area contributed by atoms with Crippen molar-refractivity contribution in [2.45, 2.75) is 6.10 Å². The molecule has 1 aliphatic heterocycles. The van der Waals surface area contributed by atoms with Gasteiger partial charge in [0.15, 0.2) is 11.6 Å². The van der Waals surface area contributed by atoms with E-state index in [4.69, 9.17) is 9.47 Å². The van der Waals surface area contributed by atoms with Gasteiger partial charge in [0, 0.05) is 12.6 Å². The lowest BCUT2D eigenvalue weighted by molar-refractivity contribution is -0.0156. The number of morpholine rings is 1. The summed E-state index contributed by atoms with van der Waals surface area (Å²) in [6.07, 6.45) is -0.398. The first-order valence-electron chi connectivity index (χ1n) is 8.50. The number of halogens is 3. The second kappa shape index (κ2) is 8.77. The Balaban J connectivity index is 1.46. The molecular weight excluding hydrogens is 361 g/mol. The average molecular weight is 380 g/mol. The van der Waals surface area contributed by atoms with E-state index in [1.807, 2.05) is 0 Å².